The van der Waals surface area contributed by atoms with Crippen molar-refractivity contribution >= 4 is 29.9 Å². The van der Waals surface area contributed by atoms with Gasteiger partial charge in [-0.2, -0.15) is 5.26 Å². The van der Waals surface area contributed by atoms with E-state index >= 15 is 0 Å². The topological polar surface area (TPSA) is 51.4 Å². The predicted molar refractivity (Wildman–Crippen MR) is 109 cm³/mol. The second-order valence-electron chi connectivity index (χ2n) is 5.49. The van der Waals surface area contributed by atoms with E-state index in [9.17, 15) is 0 Å². The molecule has 0 spiro atoms. The number of hydrogen-bond acceptors (Lipinski definition) is 2. The molecule has 2 aromatic carbocycles. The Bertz CT molecular complexity index is 717. The molecule has 2 rings (SSSR count). The Morgan fingerprint density at radius 2 is 1.83 bits per heavy atom. The molecule has 5 heteroatoms. The molecule has 4 nitrogen and oxygen atoms in total. The maximum atomic E-state index is 8.83. The fourth-order valence-electron chi connectivity index (χ4n) is 2.38. The van der Waals surface area contributed by atoms with Gasteiger partial charge in [0.1, 0.15) is 0 Å². The Morgan fingerprint density at radius 3 is 2.42 bits per heavy atom. The SMILES string of the molecule is CN=C(NCc1ccc(C#N)cc1)N(C)Cc1ccccc1C.I. The summed E-state index contributed by atoms with van der Waals surface area (Å²) in [6, 6.07) is 18.1. The van der Waals surface area contributed by atoms with Gasteiger partial charge in [0.05, 0.1) is 11.6 Å². The lowest BCUT2D eigenvalue weighted by atomic mass is 10.1. The number of hydrogen-bond donors (Lipinski definition) is 1. The van der Waals surface area contributed by atoms with Crippen molar-refractivity contribution in [2.24, 2.45) is 4.99 Å². The van der Waals surface area contributed by atoms with Crippen molar-refractivity contribution in [2.75, 3.05) is 14.1 Å². The number of guanidine groups is 1. The minimum Gasteiger partial charge on any atom is -0.352 e. The highest BCUT2D eigenvalue weighted by atomic mass is 127. The molecule has 1 N–H and O–H groups in total. The number of nitrogens with one attached hydrogen (secondary N) is 1. The molecule has 0 heterocycles. The van der Waals surface area contributed by atoms with Crippen molar-refractivity contribution in [1.29, 1.82) is 5.26 Å². The van der Waals surface area contributed by atoms with E-state index in [0.29, 0.717) is 12.1 Å². The molecule has 0 amide bonds. The van der Waals surface area contributed by atoms with Crippen molar-refractivity contribution in [3.63, 3.8) is 0 Å². The number of aryl methyl sites for hydroxylation is 1. The predicted octanol–water partition coefficient (Wildman–Crippen LogP) is 3.69. The smallest absolute Gasteiger partial charge is 0.193 e. The van der Waals surface area contributed by atoms with Gasteiger partial charge >= 0.3 is 0 Å². The van der Waals surface area contributed by atoms with E-state index in [1.54, 1.807) is 7.05 Å². The van der Waals surface area contributed by atoms with Gasteiger partial charge in [-0.3, -0.25) is 4.99 Å². The van der Waals surface area contributed by atoms with Crippen LogP contribution in [0, 0.1) is 18.3 Å². The third-order valence-corrected chi connectivity index (χ3v) is 3.78. The van der Waals surface area contributed by atoms with Crippen LogP contribution < -0.4 is 5.32 Å². The average Bonchev–Trinajstić information content (AvgIpc) is 2.58. The summed E-state index contributed by atoms with van der Waals surface area (Å²) < 4.78 is 0. The lowest BCUT2D eigenvalue weighted by Gasteiger charge is -2.23. The molecule has 0 fully saturated rings. The zero-order valence-electron chi connectivity index (χ0n) is 14.3. The maximum absolute atomic E-state index is 8.83. The maximum Gasteiger partial charge on any atom is 0.193 e. The van der Waals surface area contributed by atoms with Crippen molar-refractivity contribution < 1.29 is 0 Å². The van der Waals surface area contributed by atoms with Crippen LogP contribution in [0.2, 0.25) is 0 Å². The molecule has 126 valence electrons. The summed E-state index contributed by atoms with van der Waals surface area (Å²) in [7, 11) is 3.82. The van der Waals surface area contributed by atoms with Crippen molar-refractivity contribution in [3.8, 4) is 6.07 Å². The molecule has 2 aromatic rings. The summed E-state index contributed by atoms with van der Waals surface area (Å²) in [5.74, 6) is 0.845. The van der Waals surface area contributed by atoms with Gasteiger partial charge in [0.15, 0.2) is 5.96 Å². The van der Waals surface area contributed by atoms with Gasteiger partial charge in [-0.25, -0.2) is 0 Å². The van der Waals surface area contributed by atoms with E-state index in [4.69, 9.17) is 5.26 Å². The summed E-state index contributed by atoms with van der Waals surface area (Å²) in [6.45, 7) is 3.60. The Labute approximate surface area is 161 Å². The zero-order valence-corrected chi connectivity index (χ0v) is 16.6. The minimum atomic E-state index is 0. The van der Waals surface area contributed by atoms with Gasteiger partial charge < -0.3 is 10.2 Å². The van der Waals surface area contributed by atoms with Crippen LogP contribution in [0.15, 0.2) is 53.5 Å². The Balaban J connectivity index is 0.00000288. The van der Waals surface area contributed by atoms with Crippen LogP contribution in [0.4, 0.5) is 0 Å². The summed E-state index contributed by atoms with van der Waals surface area (Å²) >= 11 is 0. The first-order valence-electron chi connectivity index (χ1n) is 7.59. The van der Waals surface area contributed by atoms with Gasteiger partial charge in [0.25, 0.3) is 0 Å². The summed E-state index contributed by atoms with van der Waals surface area (Å²) in [5, 5.41) is 12.2. The van der Waals surface area contributed by atoms with Crippen molar-refractivity contribution in [1.82, 2.24) is 10.2 Å². The van der Waals surface area contributed by atoms with Crippen LogP contribution in [0.5, 0.6) is 0 Å². The third-order valence-electron chi connectivity index (χ3n) is 3.78. The Kier molecular flexibility index (Phi) is 8.27. The molecular weight excluding hydrogens is 411 g/mol. The summed E-state index contributed by atoms with van der Waals surface area (Å²) in [4.78, 5) is 6.44. The molecular formula is C19H23IN4. The number of nitriles is 1. The standard InChI is InChI=1S/C19H22N4.HI/c1-15-6-4-5-7-18(15)14-23(3)19(21-2)22-13-17-10-8-16(12-20)9-11-17;/h4-11H,13-14H2,1-3H3,(H,21,22);1H. The van der Waals surface area contributed by atoms with Gasteiger partial charge in [0.2, 0.25) is 0 Å². The van der Waals surface area contributed by atoms with Crippen molar-refractivity contribution in [3.05, 3.63) is 70.8 Å². The molecule has 0 aromatic heterocycles. The molecule has 0 aliphatic carbocycles. The van der Waals surface area contributed by atoms with Crippen LogP contribution in [-0.4, -0.2) is 25.0 Å². The summed E-state index contributed by atoms with van der Waals surface area (Å²) in [6.07, 6.45) is 0. The molecule has 0 aliphatic rings. The van der Waals surface area contributed by atoms with E-state index < -0.39 is 0 Å². The molecule has 0 saturated carbocycles. The average molecular weight is 434 g/mol. The number of benzene rings is 2. The van der Waals surface area contributed by atoms with Crippen LogP contribution >= 0.6 is 24.0 Å². The molecule has 24 heavy (non-hydrogen) atoms. The number of rotatable bonds is 4. The van der Waals surface area contributed by atoms with Crippen LogP contribution in [-0.2, 0) is 13.1 Å². The Morgan fingerprint density at radius 1 is 1.17 bits per heavy atom. The third kappa shape index (κ3) is 5.53. The van der Waals surface area contributed by atoms with Gasteiger partial charge in [-0.05, 0) is 35.7 Å². The zero-order chi connectivity index (χ0) is 16.7. The number of halogens is 1. The van der Waals surface area contributed by atoms with E-state index in [-0.39, 0.29) is 24.0 Å². The highest BCUT2D eigenvalue weighted by Crippen LogP contribution is 2.10. The fourth-order valence-corrected chi connectivity index (χ4v) is 2.38. The Hall–Kier alpha value is -2.07. The minimum absolute atomic E-state index is 0. The fraction of sp³-hybridized carbons (Fsp3) is 0.263. The first-order chi connectivity index (χ1) is 11.1. The lowest BCUT2D eigenvalue weighted by molar-refractivity contribution is 0.475. The van der Waals surface area contributed by atoms with E-state index in [0.717, 1.165) is 18.1 Å². The first-order valence-corrected chi connectivity index (χ1v) is 7.59. The second kappa shape index (κ2) is 9.93. The van der Waals surface area contributed by atoms with E-state index in [1.165, 1.54) is 11.1 Å². The monoisotopic (exact) mass is 434 g/mol. The molecule has 0 aliphatic heterocycles. The van der Waals surface area contributed by atoms with Crippen LogP contribution in [0.25, 0.3) is 0 Å². The molecule has 0 unspecified atom stereocenters. The molecule has 0 bridgehead atoms. The highest BCUT2D eigenvalue weighted by molar-refractivity contribution is 14.0. The lowest BCUT2D eigenvalue weighted by Crippen LogP contribution is -2.38. The molecule has 0 atom stereocenters. The van der Waals surface area contributed by atoms with Gasteiger partial charge in [-0.15, -0.1) is 24.0 Å². The number of nitrogens with zero attached hydrogens (tertiary/aromatic N) is 3. The second-order valence-corrected chi connectivity index (χ2v) is 5.49. The van der Waals surface area contributed by atoms with Crippen LogP contribution in [0.3, 0.4) is 0 Å². The highest BCUT2D eigenvalue weighted by Gasteiger charge is 2.08. The van der Waals surface area contributed by atoms with E-state index in [1.807, 2.05) is 31.3 Å². The molecule has 0 saturated heterocycles. The number of aliphatic imine (C=N–C) groups is 1. The first kappa shape index (κ1) is 20.0. The van der Waals surface area contributed by atoms with E-state index in [2.05, 4.69) is 52.5 Å². The normalized spacial score (nSPS) is 10.5. The molecule has 0 radical (unpaired) electrons. The van der Waals surface area contributed by atoms with Gasteiger partial charge in [-0.1, -0.05) is 36.4 Å². The van der Waals surface area contributed by atoms with Crippen LogP contribution in [0.1, 0.15) is 22.3 Å². The summed E-state index contributed by atoms with van der Waals surface area (Å²) in [5.41, 5.74) is 4.36. The quantitative estimate of drug-likeness (QED) is 0.454. The largest absolute Gasteiger partial charge is 0.352 e. The van der Waals surface area contributed by atoms with Gasteiger partial charge in [0, 0.05) is 27.2 Å². The van der Waals surface area contributed by atoms with Crippen molar-refractivity contribution in [2.45, 2.75) is 20.0 Å².